The van der Waals surface area contributed by atoms with Gasteiger partial charge in [0.2, 0.25) is 0 Å². The van der Waals surface area contributed by atoms with E-state index in [0.29, 0.717) is 11.1 Å². The van der Waals surface area contributed by atoms with Crippen LogP contribution in [0.5, 0.6) is 0 Å². The van der Waals surface area contributed by atoms with E-state index in [1.54, 1.807) is 49.1 Å². The van der Waals surface area contributed by atoms with Gasteiger partial charge in [-0.25, -0.2) is 0 Å². The molecule has 0 fully saturated rings. The molecule has 2 aromatic rings. The molecule has 0 aliphatic rings. The minimum absolute atomic E-state index is 0.656. The Bertz CT molecular complexity index is 737. The summed E-state index contributed by atoms with van der Waals surface area (Å²) in [5.74, 6) is -3.75. The molecule has 0 aromatic carbocycles. The van der Waals surface area contributed by atoms with Gasteiger partial charge in [-0.05, 0) is 47.6 Å². The lowest BCUT2D eigenvalue weighted by Crippen LogP contribution is -2.30. The first-order chi connectivity index (χ1) is 12.1. The Balaban J connectivity index is 2.16. The Labute approximate surface area is 144 Å². The Morgan fingerprint density at radius 2 is 1.40 bits per heavy atom. The number of nitrogens with zero attached hydrogens (tertiary/aromatic N) is 2. The van der Waals surface area contributed by atoms with Gasteiger partial charge in [-0.2, -0.15) is 0 Å². The molecule has 2 rings (SSSR count). The van der Waals surface area contributed by atoms with Gasteiger partial charge in [-0.1, -0.05) is 12.1 Å². The summed E-state index contributed by atoms with van der Waals surface area (Å²) < 4.78 is 4.59. The van der Waals surface area contributed by atoms with Crippen molar-refractivity contribution in [2.24, 2.45) is 5.92 Å². The summed E-state index contributed by atoms with van der Waals surface area (Å²) in [4.78, 5) is 44.3. The van der Waals surface area contributed by atoms with Crippen LogP contribution in [0.3, 0.4) is 0 Å². The van der Waals surface area contributed by atoms with E-state index in [2.05, 4.69) is 14.7 Å². The van der Waals surface area contributed by atoms with Crippen LogP contribution in [-0.4, -0.2) is 34.6 Å². The normalized spacial score (nSPS) is 12.2. The van der Waals surface area contributed by atoms with Crippen molar-refractivity contribution in [3.63, 3.8) is 0 Å². The van der Waals surface area contributed by atoms with E-state index in [1.165, 1.54) is 24.3 Å². The summed E-state index contributed by atoms with van der Waals surface area (Å²) in [5.41, 5.74) is 1.36. The molecule has 0 saturated carbocycles. The average Bonchev–Trinajstić information content (AvgIpc) is 2.66. The van der Waals surface area contributed by atoms with E-state index >= 15 is 0 Å². The van der Waals surface area contributed by atoms with Gasteiger partial charge < -0.3 is 4.74 Å². The van der Waals surface area contributed by atoms with Gasteiger partial charge >= 0.3 is 5.97 Å². The summed E-state index contributed by atoms with van der Waals surface area (Å²) in [6, 6.07) is 6.91. The van der Waals surface area contributed by atoms with Crippen molar-refractivity contribution >= 4 is 29.7 Å². The van der Waals surface area contributed by atoms with Gasteiger partial charge in [0, 0.05) is 24.8 Å². The van der Waals surface area contributed by atoms with Crippen LogP contribution in [0.25, 0.3) is 12.2 Å². The number of pyridine rings is 2. The minimum atomic E-state index is -1.54. The monoisotopic (exact) mass is 336 g/mol. The maximum Gasteiger partial charge on any atom is 0.324 e. The summed E-state index contributed by atoms with van der Waals surface area (Å²) in [5, 5.41) is 0. The van der Waals surface area contributed by atoms with E-state index in [-0.39, 0.29) is 0 Å². The molecule has 0 amide bonds. The van der Waals surface area contributed by atoms with Crippen LogP contribution in [0, 0.1) is 5.92 Å². The van der Waals surface area contributed by atoms with Gasteiger partial charge in [-0.3, -0.25) is 24.4 Å². The fourth-order valence-electron chi connectivity index (χ4n) is 1.99. The number of carbonyl (C=O) groups is 3. The smallest absolute Gasteiger partial charge is 0.324 e. The highest BCUT2D eigenvalue weighted by molar-refractivity contribution is 6.24. The molecular formula is C19H16N2O4. The third-order valence-electron chi connectivity index (χ3n) is 3.25. The highest BCUT2D eigenvalue weighted by atomic mass is 16.5. The highest BCUT2D eigenvalue weighted by Gasteiger charge is 2.31. The van der Waals surface area contributed by atoms with Gasteiger partial charge in [0.1, 0.15) is 0 Å². The van der Waals surface area contributed by atoms with E-state index in [4.69, 9.17) is 0 Å². The summed E-state index contributed by atoms with van der Waals surface area (Å²) in [7, 11) is 1.13. The lowest BCUT2D eigenvalue weighted by molar-refractivity contribution is -0.150. The third-order valence-corrected chi connectivity index (χ3v) is 3.25. The zero-order valence-electron chi connectivity index (χ0n) is 13.5. The number of hydrogen-bond donors (Lipinski definition) is 0. The number of ether oxygens (including phenoxy) is 1. The van der Waals surface area contributed by atoms with E-state index < -0.39 is 23.5 Å². The Kier molecular flexibility index (Phi) is 6.47. The van der Waals surface area contributed by atoms with Crippen LogP contribution in [0.1, 0.15) is 11.1 Å². The van der Waals surface area contributed by atoms with Gasteiger partial charge in [-0.15, -0.1) is 0 Å². The number of allylic oxidation sites excluding steroid dienone is 2. The van der Waals surface area contributed by atoms with Crippen molar-refractivity contribution in [2.45, 2.75) is 0 Å². The molecule has 0 bridgehead atoms. The molecule has 0 unspecified atom stereocenters. The predicted octanol–water partition coefficient (Wildman–Crippen LogP) is 2.13. The first-order valence-electron chi connectivity index (χ1n) is 7.43. The average molecular weight is 336 g/mol. The number of esters is 1. The van der Waals surface area contributed by atoms with Crippen molar-refractivity contribution in [1.82, 2.24) is 9.97 Å². The highest BCUT2D eigenvalue weighted by Crippen LogP contribution is 2.10. The number of hydrogen-bond acceptors (Lipinski definition) is 6. The Morgan fingerprint density at radius 1 is 0.920 bits per heavy atom. The van der Waals surface area contributed by atoms with Crippen LogP contribution < -0.4 is 0 Å². The Morgan fingerprint density at radius 3 is 1.76 bits per heavy atom. The van der Waals surface area contributed by atoms with Crippen LogP contribution in [-0.2, 0) is 19.1 Å². The number of rotatable bonds is 7. The molecule has 2 heterocycles. The Hall–Kier alpha value is -3.41. The van der Waals surface area contributed by atoms with Crippen LogP contribution in [0.15, 0.2) is 61.2 Å². The zero-order chi connectivity index (χ0) is 18.1. The number of aromatic nitrogens is 2. The molecular weight excluding hydrogens is 320 g/mol. The molecule has 0 N–H and O–H groups in total. The summed E-state index contributed by atoms with van der Waals surface area (Å²) >= 11 is 0. The summed E-state index contributed by atoms with van der Waals surface area (Å²) in [6.07, 6.45) is 11.6. The molecule has 126 valence electrons. The molecule has 25 heavy (non-hydrogen) atoms. The second kappa shape index (κ2) is 9.02. The predicted molar refractivity (Wildman–Crippen MR) is 92.1 cm³/mol. The van der Waals surface area contributed by atoms with Gasteiger partial charge in [0.15, 0.2) is 17.5 Å². The molecule has 0 aliphatic carbocycles. The lowest BCUT2D eigenvalue weighted by Gasteiger charge is -2.08. The second-order valence-corrected chi connectivity index (χ2v) is 5.00. The fraction of sp³-hybridized carbons (Fsp3) is 0.105. The van der Waals surface area contributed by atoms with E-state index in [1.807, 2.05) is 0 Å². The van der Waals surface area contributed by atoms with E-state index in [0.717, 1.165) is 7.11 Å². The van der Waals surface area contributed by atoms with Crippen molar-refractivity contribution in [1.29, 1.82) is 0 Å². The van der Waals surface area contributed by atoms with Gasteiger partial charge in [0.25, 0.3) is 0 Å². The molecule has 0 spiro atoms. The quantitative estimate of drug-likeness (QED) is 0.437. The summed E-state index contributed by atoms with van der Waals surface area (Å²) in [6.45, 7) is 0. The molecule has 0 aliphatic heterocycles. The lowest BCUT2D eigenvalue weighted by atomic mass is 9.97. The molecule has 6 nitrogen and oxygen atoms in total. The van der Waals surface area contributed by atoms with Crippen LogP contribution >= 0.6 is 0 Å². The first kappa shape index (κ1) is 17.9. The molecule has 0 radical (unpaired) electrons. The number of ketones is 2. The third kappa shape index (κ3) is 5.31. The molecule has 0 saturated heterocycles. The number of methoxy groups -OCH3 is 1. The van der Waals surface area contributed by atoms with Crippen molar-refractivity contribution in [3.8, 4) is 0 Å². The number of carbonyl (C=O) groups excluding carboxylic acids is 3. The topological polar surface area (TPSA) is 86.2 Å². The fourth-order valence-corrected chi connectivity index (χ4v) is 1.99. The van der Waals surface area contributed by atoms with E-state index in [9.17, 15) is 14.4 Å². The van der Waals surface area contributed by atoms with Crippen molar-refractivity contribution in [2.75, 3.05) is 7.11 Å². The minimum Gasteiger partial charge on any atom is -0.468 e. The van der Waals surface area contributed by atoms with Crippen LogP contribution in [0.4, 0.5) is 0 Å². The van der Waals surface area contributed by atoms with Crippen molar-refractivity contribution < 1.29 is 19.1 Å². The SMILES string of the molecule is COC(=O)C(C(=O)C=Cc1cccnc1)C(=O)C=Cc1cccnc1. The molecule has 0 atom stereocenters. The maximum atomic E-state index is 12.3. The van der Waals surface area contributed by atoms with Crippen molar-refractivity contribution in [3.05, 3.63) is 72.3 Å². The van der Waals surface area contributed by atoms with Gasteiger partial charge in [0.05, 0.1) is 7.11 Å². The van der Waals surface area contributed by atoms with Crippen LogP contribution in [0.2, 0.25) is 0 Å². The second-order valence-electron chi connectivity index (χ2n) is 5.00. The first-order valence-corrected chi connectivity index (χ1v) is 7.43. The maximum absolute atomic E-state index is 12.3. The standard InChI is InChI=1S/C19H16N2O4/c1-25-19(24)18(16(22)8-6-14-4-2-10-20-12-14)17(23)9-7-15-5-3-11-21-13-15/h2-13,18H,1H3. The zero-order valence-corrected chi connectivity index (χ0v) is 13.5. The molecule has 2 aromatic heterocycles. The molecule has 6 heteroatoms. The largest absolute Gasteiger partial charge is 0.468 e.